The van der Waals surface area contributed by atoms with E-state index in [2.05, 4.69) is 6.92 Å². The maximum Gasteiger partial charge on any atom is 0.0512 e. The zero-order valence-corrected chi connectivity index (χ0v) is 10.8. The third kappa shape index (κ3) is 14.0. The lowest BCUT2D eigenvalue weighted by Crippen LogP contribution is -1.98. The molecule has 0 spiro atoms. The van der Waals surface area contributed by atoms with Crippen LogP contribution in [0.2, 0.25) is 0 Å². The van der Waals surface area contributed by atoms with E-state index in [9.17, 15) is 0 Å². The van der Waals surface area contributed by atoms with E-state index in [0.29, 0.717) is 0 Å². The second-order valence-electron chi connectivity index (χ2n) is 4.82. The molecule has 0 amide bonds. The Kier molecular flexibility index (Phi) is 12.0. The summed E-state index contributed by atoms with van der Waals surface area (Å²) in [5.41, 5.74) is 0. The van der Waals surface area contributed by atoms with Crippen molar-refractivity contribution in [2.75, 3.05) is 0 Å². The van der Waals surface area contributed by atoms with E-state index >= 15 is 0 Å². The summed E-state index contributed by atoms with van der Waals surface area (Å²) in [4.78, 5) is 0. The van der Waals surface area contributed by atoms with E-state index in [-0.39, 0.29) is 6.10 Å². The first-order valence-corrected chi connectivity index (χ1v) is 6.95. The highest BCUT2D eigenvalue weighted by atomic mass is 16.3. The molecule has 0 radical (unpaired) electrons. The quantitative estimate of drug-likeness (QED) is 0.495. The first-order valence-electron chi connectivity index (χ1n) is 6.95. The van der Waals surface area contributed by atoms with Gasteiger partial charge in [-0.25, -0.2) is 0 Å². The normalized spacial score (nSPS) is 13.0. The van der Waals surface area contributed by atoms with Crippen LogP contribution in [0, 0.1) is 0 Å². The Hall–Kier alpha value is -0.0400. The lowest BCUT2D eigenvalue weighted by Gasteiger charge is -2.04. The molecular weight excluding hydrogens is 184 g/mol. The number of aliphatic hydroxyl groups excluding tert-OH is 1. The van der Waals surface area contributed by atoms with Gasteiger partial charge in [0.15, 0.2) is 0 Å². The molecule has 0 aromatic carbocycles. The van der Waals surface area contributed by atoms with Crippen molar-refractivity contribution in [2.24, 2.45) is 0 Å². The van der Waals surface area contributed by atoms with Crippen molar-refractivity contribution in [2.45, 2.75) is 90.6 Å². The van der Waals surface area contributed by atoms with Crippen LogP contribution in [0.25, 0.3) is 0 Å². The van der Waals surface area contributed by atoms with Gasteiger partial charge in [0, 0.05) is 0 Å². The summed E-state index contributed by atoms with van der Waals surface area (Å²) in [6, 6.07) is 0. The summed E-state index contributed by atoms with van der Waals surface area (Å²) < 4.78 is 0. The molecule has 0 saturated carbocycles. The number of unbranched alkanes of at least 4 members (excludes halogenated alkanes) is 9. The molecule has 92 valence electrons. The van der Waals surface area contributed by atoms with Gasteiger partial charge in [0.25, 0.3) is 0 Å². The first kappa shape index (κ1) is 15.0. The average molecular weight is 214 g/mol. The van der Waals surface area contributed by atoms with E-state index in [1.54, 1.807) is 0 Å². The molecule has 15 heavy (non-hydrogen) atoms. The molecule has 1 heteroatoms. The number of aliphatic hydroxyl groups is 1. The minimum Gasteiger partial charge on any atom is -0.393 e. The van der Waals surface area contributed by atoms with Gasteiger partial charge >= 0.3 is 0 Å². The molecule has 0 unspecified atom stereocenters. The van der Waals surface area contributed by atoms with Gasteiger partial charge in [-0.05, 0) is 13.3 Å². The van der Waals surface area contributed by atoms with E-state index in [1.165, 1.54) is 64.2 Å². The zero-order valence-electron chi connectivity index (χ0n) is 10.8. The lowest BCUT2D eigenvalue weighted by atomic mass is 10.1. The summed E-state index contributed by atoms with van der Waals surface area (Å²) >= 11 is 0. The molecule has 0 rings (SSSR count). The zero-order chi connectivity index (χ0) is 11.4. The van der Waals surface area contributed by atoms with Gasteiger partial charge in [-0.2, -0.15) is 0 Å². The monoisotopic (exact) mass is 214 g/mol. The fourth-order valence-corrected chi connectivity index (χ4v) is 1.93. The van der Waals surface area contributed by atoms with Crippen LogP contribution in [-0.4, -0.2) is 11.2 Å². The van der Waals surface area contributed by atoms with Crippen molar-refractivity contribution < 1.29 is 5.11 Å². The smallest absolute Gasteiger partial charge is 0.0512 e. The summed E-state index contributed by atoms with van der Waals surface area (Å²) in [6.45, 7) is 4.15. The molecule has 0 bridgehead atoms. The second kappa shape index (κ2) is 12.0. The van der Waals surface area contributed by atoms with Gasteiger partial charge in [-0.1, -0.05) is 71.1 Å². The molecule has 0 aromatic heterocycles. The Labute approximate surface area is 96.3 Å². The van der Waals surface area contributed by atoms with Crippen LogP contribution in [0.4, 0.5) is 0 Å². The maximum absolute atomic E-state index is 9.08. The van der Waals surface area contributed by atoms with Gasteiger partial charge in [-0.15, -0.1) is 0 Å². The van der Waals surface area contributed by atoms with Gasteiger partial charge in [0.1, 0.15) is 0 Å². The van der Waals surface area contributed by atoms with Crippen molar-refractivity contribution in [3.05, 3.63) is 0 Å². The van der Waals surface area contributed by atoms with Crippen molar-refractivity contribution in [3.8, 4) is 0 Å². The molecule has 0 saturated heterocycles. The Morgan fingerprint density at radius 1 is 0.733 bits per heavy atom. The standard InChI is InChI=1S/C14H30O/c1-3-4-5-6-7-8-9-10-11-12-13-14(2)15/h14-15H,3-13H2,1-2H3/t14-/m1/s1. The van der Waals surface area contributed by atoms with Crippen LogP contribution in [0.1, 0.15) is 84.5 Å². The van der Waals surface area contributed by atoms with Gasteiger partial charge in [0.2, 0.25) is 0 Å². The molecule has 0 aliphatic rings. The highest BCUT2D eigenvalue weighted by Gasteiger charge is 1.95. The van der Waals surface area contributed by atoms with Crippen molar-refractivity contribution in [1.82, 2.24) is 0 Å². The Morgan fingerprint density at radius 3 is 1.53 bits per heavy atom. The molecule has 1 atom stereocenters. The fourth-order valence-electron chi connectivity index (χ4n) is 1.93. The summed E-state index contributed by atoms with van der Waals surface area (Å²) in [5, 5.41) is 9.08. The number of hydrogen-bond donors (Lipinski definition) is 1. The highest BCUT2D eigenvalue weighted by molar-refractivity contribution is 4.50. The molecule has 1 N–H and O–H groups in total. The van der Waals surface area contributed by atoms with E-state index in [0.717, 1.165) is 6.42 Å². The van der Waals surface area contributed by atoms with Crippen LogP contribution >= 0.6 is 0 Å². The molecule has 0 aromatic rings. The summed E-state index contributed by atoms with van der Waals surface area (Å²) in [7, 11) is 0. The third-order valence-electron chi connectivity index (χ3n) is 2.98. The van der Waals surface area contributed by atoms with E-state index in [4.69, 9.17) is 5.11 Å². The van der Waals surface area contributed by atoms with Gasteiger partial charge < -0.3 is 5.11 Å². The summed E-state index contributed by atoms with van der Waals surface area (Å²) in [5.74, 6) is 0. The van der Waals surface area contributed by atoms with E-state index < -0.39 is 0 Å². The minimum absolute atomic E-state index is 0.0981. The SMILES string of the molecule is CCCCCCCCCCCC[C@@H](C)O. The van der Waals surface area contributed by atoms with Crippen molar-refractivity contribution in [3.63, 3.8) is 0 Å². The van der Waals surface area contributed by atoms with Crippen LogP contribution in [-0.2, 0) is 0 Å². The van der Waals surface area contributed by atoms with Gasteiger partial charge in [-0.3, -0.25) is 0 Å². The average Bonchev–Trinajstić information content (AvgIpc) is 2.20. The van der Waals surface area contributed by atoms with Crippen molar-refractivity contribution in [1.29, 1.82) is 0 Å². The second-order valence-corrected chi connectivity index (χ2v) is 4.82. The van der Waals surface area contributed by atoms with Crippen molar-refractivity contribution >= 4 is 0 Å². The predicted molar refractivity (Wildman–Crippen MR) is 68.1 cm³/mol. The predicted octanol–water partition coefficient (Wildman–Crippen LogP) is 4.68. The maximum atomic E-state index is 9.08. The largest absolute Gasteiger partial charge is 0.393 e. The summed E-state index contributed by atoms with van der Waals surface area (Å²) in [6.07, 6.45) is 14.6. The van der Waals surface area contributed by atoms with Crippen LogP contribution < -0.4 is 0 Å². The molecular formula is C14H30O. The lowest BCUT2D eigenvalue weighted by molar-refractivity contribution is 0.180. The topological polar surface area (TPSA) is 20.2 Å². The number of rotatable bonds is 11. The molecule has 0 aliphatic heterocycles. The Balaban J connectivity index is 2.87. The Morgan fingerprint density at radius 2 is 1.13 bits per heavy atom. The number of hydrogen-bond acceptors (Lipinski definition) is 1. The molecule has 0 fully saturated rings. The Bertz CT molecular complexity index is 110. The first-order chi connectivity index (χ1) is 7.27. The van der Waals surface area contributed by atoms with Crippen LogP contribution in [0.3, 0.4) is 0 Å². The molecule has 0 heterocycles. The van der Waals surface area contributed by atoms with Crippen LogP contribution in [0.15, 0.2) is 0 Å². The fraction of sp³-hybridized carbons (Fsp3) is 1.00. The van der Waals surface area contributed by atoms with E-state index in [1.807, 2.05) is 6.92 Å². The van der Waals surface area contributed by atoms with Crippen LogP contribution in [0.5, 0.6) is 0 Å². The highest BCUT2D eigenvalue weighted by Crippen LogP contribution is 2.11. The molecule has 0 aliphatic carbocycles. The van der Waals surface area contributed by atoms with Gasteiger partial charge in [0.05, 0.1) is 6.10 Å². The minimum atomic E-state index is -0.0981. The third-order valence-corrected chi connectivity index (χ3v) is 2.98. The molecule has 1 nitrogen and oxygen atoms in total.